The predicted molar refractivity (Wildman–Crippen MR) is 142 cm³/mol. The second kappa shape index (κ2) is 12.6. The van der Waals surface area contributed by atoms with Crippen LogP contribution in [0.15, 0.2) is 79.1 Å². The summed E-state index contributed by atoms with van der Waals surface area (Å²) in [5, 5.41) is 22.2. The maximum Gasteiger partial charge on any atom is 0.339 e. The molecule has 194 valence electrons. The van der Waals surface area contributed by atoms with Crippen LogP contribution in [0.2, 0.25) is 5.02 Å². The van der Waals surface area contributed by atoms with Crippen LogP contribution in [0.4, 0.5) is 5.69 Å². The Hall–Kier alpha value is -4.63. The fraction of sp³-hybridized carbons (Fsp3) is 0.143. The Balaban J connectivity index is 1.27. The summed E-state index contributed by atoms with van der Waals surface area (Å²) in [4.78, 5) is 32.3. The van der Waals surface area contributed by atoms with Crippen molar-refractivity contribution in [3.8, 4) is 28.6 Å². The molecule has 0 atom stereocenters. The number of carbonyl (C=O) groups is 2. The highest BCUT2D eigenvalue weighted by molar-refractivity contribution is 6.30. The number of benzene rings is 3. The van der Waals surface area contributed by atoms with E-state index in [-0.39, 0.29) is 23.8 Å². The number of aromatic carboxylic acids is 1. The van der Waals surface area contributed by atoms with Crippen LogP contribution in [0.25, 0.3) is 11.4 Å². The van der Waals surface area contributed by atoms with Gasteiger partial charge in [-0.3, -0.25) is 4.79 Å². The van der Waals surface area contributed by atoms with Crippen LogP contribution in [-0.2, 0) is 11.4 Å². The third kappa shape index (κ3) is 7.44. The van der Waals surface area contributed by atoms with Gasteiger partial charge in [-0.05, 0) is 61.0 Å². The summed E-state index contributed by atoms with van der Waals surface area (Å²) in [6, 6.07) is 18.3. The standard InChI is InChI=1S/C28H24ClN3O6/c29-20-6-8-22(9-7-20)37-12-2-5-26(34)32-21-4-1-3-19(13-21)27-30-15-18(16-31-27)17-38-23-10-11-25(33)24(14-23)28(35)36/h1,3-4,6-11,13-16,33H,2,5,12,17H2,(H,32,34)(H,35,36). The highest BCUT2D eigenvalue weighted by Gasteiger charge is 2.11. The number of anilines is 1. The summed E-state index contributed by atoms with van der Waals surface area (Å²) in [5.74, 6) is -0.243. The first-order valence-corrected chi connectivity index (χ1v) is 12.0. The van der Waals surface area contributed by atoms with Crippen LogP contribution < -0.4 is 14.8 Å². The molecule has 0 spiro atoms. The van der Waals surface area contributed by atoms with Gasteiger partial charge in [-0.25, -0.2) is 14.8 Å². The zero-order valence-corrected chi connectivity index (χ0v) is 20.9. The molecule has 0 fully saturated rings. The Kier molecular flexibility index (Phi) is 8.73. The number of aromatic hydroxyl groups is 1. The van der Waals surface area contributed by atoms with Gasteiger partial charge in [0.1, 0.15) is 29.4 Å². The maximum atomic E-state index is 12.4. The molecule has 9 nitrogen and oxygen atoms in total. The van der Waals surface area contributed by atoms with Crippen LogP contribution in [-0.4, -0.2) is 38.7 Å². The average Bonchev–Trinajstić information content (AvgIpc) is 2.92. The van der Waals surface area contributed by atoms with E-state index in [1.54, 1.807) is 54.9 Å². The molecule has 0 unspecified atom stereocenters. The third-order valence-electron chi connectivity index (χ3n) is 5.34. The minimum Gasteiger partial charge on any atom is -0.507 e. The van der Waals surface area contributed by atoms with Gasteiger partial charge in [-0.15, -0.1) is 0 Å². The first kappa shape index (κ1) is 26.4. The van der Waals surface area contributed by atoms with Crippen molar-refractivity contribution in [1.29, 1.82) is 0 Å². The summed E-state index contributed by atoms with van der Waals surface area (Å²) in [6.07, 6.45) is 4.07. The second-order valence-corrected chi connectivity index (χ2v) is 8.66. The van der Waals surface area contributed by atoms with E-state index in [0.717, 1.165) is 5.56 Å². The zero-order chi connectivity index (χ0) is 26.9. The molecule has 1 aromatic heterocycles. The number of nitrogens with zero attached hydrogens (tertiary/aromatic N) is 2. The minimum absolute atomic E-state index is 0.113. The van der Waals surface area contributed by atoms with Crippen molar-refractivity contribution in [1.82, 2.24) is 9.97 Å². The molecule has 0 radical (unpaired) electrons. The number of carboxylic acid groups (broad SMARTS) is 1. The first-order chi connectivity index (χ1) is 18.4. The van der Waals surface area contributed by atoms with E-state index >= 15 is 0 Å². The molecule has 0 bridgehead atoms. The molecular weight excluding hydrogens is 510 g/mol. The molecule has 3 aromatic carbocycles. The lowest BCUT2D eigenvalue weighted by molar-refractivity contribution is -0.116. The van der Waals surface area contributed by atoms with Crippen molar-refractivity contribution >= 4 is 29.2 Å². The second-order valence-electron chi connectivity index (χ2n) is 8.22. The molecule has 3 N–H and O–H groups in total. The minimum atomic E-state index is -1.25. The first-order valence-electron chi connectivity index (χ1n) is 11.7. The van der Waals surface area contributed by atoms with Crippen LogP contribution in [0.5, 0.6) is 17.2 Å². The Morgan fingerprint density at radius 1 is 0.921 bits per heavy atom. The molecule has 38 heavy (non-hydrogen) atoms. The predicted octanol–water partition coefficient (Wildman–Crippen LogP) is 5.58. The number of carboxylic acids is 1. The van der Waals surface area contributed by atoms with Crippen LogP contribution in [0, 0.1) is 0 Å². The van der Waals surface area contributed by atoms with Crippen LogP contribution in [0.1, 0.15) is 28.8 Å². The van der Waals surface area contributed by atoms with E-state index in [1.807, 2.05) is 6.07 Å². The van der Waals surface area contributed by atoms with Gasteiger partial charge in [0.05, 0.1) is 6.61 Å². The van der Waals surface area contributed by atoms with Crippen molar-refractivity contribution < 1.29 is 29.3 Å². The number of rotatable bonds is 11. The van der Waals surface area contributed by atoms with Gasteiger partial charge >= 0.3 is 5.97 Å². The lowest BCUT2D eigenvalue weighted by Crippen LogP contribution is -2.12. The molecular formula is C28H24ClN3O6. The SMILES string of the molecule is O=C(CCCOc1ccc(Cl)cc1)Nc1cccc(-c2ncc(COc3ccc(O)c(C(=O)O)c3)cn2)c1. The summed E-state index contributed by atoms with van der Waals surface area (Å²) < 4.78 is 11.2. The average molecular weight is 534 g/mol. The van der Waals surface area contributed by atoms with Gasteiger partial charge in [0.2, 0.25) is 5.91 Å². The number of phenols is 1. The largest absolute Gasteiger partial charge is 0.507 e. The highest BCUT2D eigenvalue weighted by Crippen LogP contribution is 2.24. The number of nitrogens with one attached hydrogen (secondary N) is 1. The Bertz CT molecular complexity index is 1410. The molecule has 0 aliphatic carbocycles. The number of amides is 1. The van der Waals surface area contributed by atoms with Gasteiger partial charge in [-0.1, -0.05) is 23.7 Å². The molecule has 10 heteroatoms. The summed E-state index contributed by atoms with van der Waals surface area (Å²) in [7, 11) is 0. The van der Waals surface area contributed by atoms with Crippen molar-refractivity contribution in [2.45, 2.75) is 19.4 Å². The Morgan fingerprint density at radius 2 is 1.66 bits per heavy atom. The molecule has 4 aromatic rings. The molecule has 0 aliphatic heterocycles. The molecule has 1 amide bonds. The third-order valence-corrected chi connectivity index (χ3v) is 5.60. The lowest BCUT2D eigenvalue weighted by atomic mass is 10.1. The summed E-state index contributed by atoms with van der Waals surface area (Å²) >= 11 is 5.86. The number of halogens is 1. The number of hydrogen-bond acceptors (Lipinski definition) is 7. The Labute approximate surface area is 223 Å². The number of carbonyl (C=O) groups excluding carboxylic acids is 1. The molecule has 1 heterocycles. The highest BCUT2D eigenvalue weighted by atomic mass is 35.5. The van der Waals surface area contributed by atoms with Crippen molar-refractivity contribution in [2.24, 2.45) is 0 Å². The van der Waals surface area contributed by atoms with E-state index in [1.165, 1.54) is 18.2 Å². The van der Waals surface area contributed by atoms with E-state index in [4.69, 9.17) is 26.2 Å². The molecule has 4 rings (SSSR count). The fourth-order valence-corrected chi connectivity index (χ4v) is 3.56. The summed E-state index contributed by atoms with van der Waals surface area (Å²) in [6.45, 7) is 0.522. The Morgan fingerprint density at radius 3 is 2.39 bits per heavy atom. The lowest BCUT2D eigenvalue weighted by Gasteiger charge is -2.09. The zero-order valence-electron chi connectivity index (χ0n) is 20.1. The van der Waals surface area contributed by atoms with E-state index in [0.29, 0.717) is 53.0 Å². The quantitative estimate of drug-likeness (QED) is 0.213. The monoisotopic (exact) mass is 533 g/mol. The van der Waals surface area contributed by atoms with E-state index in [2.05, 4.69) is 15.3 Å². The number of hydrogen-bond donors (Lipinski definition) is 3. The summed E-state index contributed by atoms with van der Waals surface area (Å²) in [5.41, 5.74) is 1.78. The van der Waals surface area contributed by atoms with Gasteiger partial charge in [0.15, 0.2) is 5.82 Å². The maximum absolute atomic E-state index is 12.4. The van der Waals surface area contributed by atoms with Crippen molar-refractivity contribution in [2.75, 3.05) is 11.9 Å². The van der Waals surface area contributed by atoms with Crippen LogP contribution >= 0.6 is 11.6 Å². The van der Waals surface area contributed by atoms with Crippen molar-refractivity contribution in [3.05, 3.63) is 95.3 Å². The number of ether oxygens (including phenoxy) is 2. The van der Waals surface area contributed by atoms with Crippen molar-refractivity contribution in [3.63, 3.8) is 0 Å². The number of aromatic nitrogens is 2. The van der Waals surface area contributed by atoms with Crippen LogP contribution in [0.3, 0.4) is 0 Å². The normalized spacial score (nSPS) is 10.6. The molecule has 0 saturated carbocycles. The molecule has 0 saturated heterocycles. The van der Waals surface area contributed by atoms with E-state index < -0.39 is 5.97 Å². The van der Waals surface area contributed by atoms with E-state index in [9.17, 15) is 14.7 Å². The van der Waals surface area contributed by atoms with Gasteiger partial charge in [0, 0.05) is 40.7 Å². The van der Waals surface area contributed by atoms with Gasteiger partial charge in [-0.2, -0.15) is 0 Å². The van der Waals surface area contributed by atoms with Gasteiger partial charge in [0.25, 0.3) is 0 Å². The topological polar surface area (TPSA) is 131 Å². The smallest absolute Gasteiger partial charge is 0.339 e. The van der Waals surface area contributed by atoms with Gasteiger partial charge < -0.3 is 25.0 Å². The fourth-order valence-electron chi connectivity index (χ4n) is 3.43. The molecule has 0 aliphatic rings.